The average molecular weight is 483 g/mol. The van der Waals surface area contributed by atoms with E-state index in [9.17, 15) is 14.9 Å². The monoisotopic (exact) mass is 482 g/mol. The van der Waals surface area contributed by atoms with Gasteiger partial charge in [-0.2, -0.15) is 0 Å². The lowest BCUT2D eigenvalue weighted by Gasteiger charge is -2.36. The molecule has 0 bridgehead atoms. The highest BCUT2D eigenvalue weighted by atomic mass is 16.6. The number of aromatic nitrogens is 1. The number of non-ortho nitro benzene ring substituents is 1. The Morgan fingerprint density at radius 3 is 2.25 bits per heavy atom. The number of para-hydroxylation sites is 1. The highest BCUT2D eigenvalue weighted by molar-refractivity contribution is 6.09. The quantitative estimate of drug-likeness (QED) is 0.291. The predicted molar refractivity (Wildman–Crippen MR) is 140 cm³/mol. The van der Waals surface area contributed by atoms with Gasteiger partial charge in [-0.1, -0.05) is 18.2 Å². The molecule has 36 heavy (non-hydrogen) atoms. The normalized spacial score (nSPS) is 13.6. The molecule has 1 saturated heterocycles. The number of nitro benzene ring substituents is 1. The van der Waals surface area contributed by atoms with Crippen molar-refractivity contribution in [2.45, 2.75) is 6.92 Å². The number of carbonyl (C=O) groups excluding carboxylic acids is 1. The summed E-state index contributed by atoms with van der Waals surface area (Å²) in [6.45, 7) is 4.38. The van der Waals surface area contributed by atoms with Crippen molar-refractivity contribution in [3.63, 3.8) is 0 Å². The van der Waals surface area contributed by atoms with Crippen molar-refractivity contribution >= 4 is 28.2 Å². The second kappa shape index (κ2) is 9.65. The van der Waals surface area contributed by atoms with Crippen molar-refractivity contribution in [2.24, 2.45) is 0 Å². The van der Waals surface area contributed by atoms with Gasteiger partial charge in [0.05, 0.1) is 28.8 Å². The molecule has 1 aliphatic rings. The molecule has 0 unspecified atom stereocenters. The number of pyridine rings is 1. The number of nitrogens with zero attached hydrogens (tertiary/aromatic N) is 4. The molecule has 8 heteroatoms. The van der Waals surface area contributed by atoms with E-state index in [4.69, 9.17) is 9.72 Å². The molecule has 3 aromatic carbocycles. The number of ether oxygens (including phenoxy) is 1. The zero-order valence-corrected chi connectivity index (χ0v) is 20.2. The van der Waals surface area contributed by atoms with Crippen LogP contribution in [-0.2, 0) is 0 Å². The summed E-state index contributed by atoms with van der Waals surface area (Å²) >= 11 is 0. The predicted octanol–water partition coefficient (Wildman–Crippen LogP) is 5.09. The van der Waals surface area contributed by atoms with Crippen LogP contribution in [0, 0.1) is 17.0 Å². The van der Waals surface area contributed by atoms with E-state index in [0.717, 1.165) is 39.2 Å². The number of carbonyl (C=O) groups is 1. The summed E-state index contributed by atoms with van der Waals surface area (Å²) < 4.78 is 5.29. The molecule has 1 aliphatic heterocycles. The molecule has 8 nitrogen and oxygen atoms in total. The van der Waals surface area contributed by atoms with Crippen molar-refractivity contribution in [1.82, 2.24) is 9.88 Å². The summed E-state index contributed by atoms with van der Waals surface area (Å²) in [5, 5.41) is 11.8. The number of fused-ring (bicyclic) bond motifs is 1. The van der Waals surface area contributed by atoms with Crippen LogP contribution in [0.1, 0.15) is 15.9 Å². The first-order chi connectivity index (χ1) is 17.5. The van der Waals surface area contributed by atoms with E-state index in [1.807, 2.05) is 60.4 Å². The van der Waals surface area contributed by atoms with Gasteiger partial charge in [-0.05, 0) is 55.0 Å². The van der Waals surface area contributed by atoms with Crippen molar-refractivity contribution in [1.29, 1.82) is 0 Å². The molecule has 182 valence electrons. The number of rotatable bonds is 5. The van der Waals surface area contributed by atoms with Crippen molar-refractivity contribution in [3.8, 4) is 17.0 Å². The zero-order valence-electron chi connectivity index (χ0n) is 20.2. The second-order valence-electron chi connectivity index (χ2n) is 8.76. The van der Waals surface area contributed by atoms with E-state index in [1.54, 1.807) is 19.2 Å². The molecule has 0 aliphatic carbocycles. The Kier molecular flexibility index (Phi) is 6.25. The van der Waals surface area contributed by atoms with E-state index >= 15 is 0 Å². The van der Waals surface area contributed by atoms with Gasteiger partial charge < -0.3 is 14.5 Å². The fourth-order valence-corrected chi connectivity index (χ4v) is 4.72. The van der Waals surface area contributed by atoms with Gasteiger partial charge in [-0.3, -0.25) is 14.9 Å². The minimum absolute atomic E-state index is 0.00999. The first-order valence-corrected chi connectivity index (χ1v) is 11.8. The topological polar surface area (TPSA) is 88.8 Å². The number of hydrogen-bond donors (Lipinski definition) is 0. The van der Waals surface area contributed by atoms with Crippen molar-refractivity contribution in [2.75, 3.05) is 38.2 Å². The Bertz CT molecular complexity index is 1430. The number of benzene rings is 3. The van der Waals surface area contributed by atoms with Gasteiger partial charge in [-0.15, -0.1) is 0 Å². The third-order valence-corrected chi connectivity index (χ3v) is 6.71. The van der Waals surface area contributed by atoms with Crippen LogP contribution in [0.4, 0.5) is 11.4 Å². The largest absolute Gasteiger partial charge is 0.497 e. The molecule has 0 atom stereocenters. The highest BCUT2D eigenvalue weighted by Crippen LogP contribution is 2.32. The van der Waals surface area contributed by atoms with Crippen LogP contribution in [0.3, 0.4) is 0 Å². The average Bonchev–Trinajstić information content (AvgIpc) is 2.92. The first kappa shape index (κ1) is 23.3. The first-order valence-electron chi connectivity index (χ1n) is 11.8. The SMILES string of the molecule is COc1ccc(-c2nc3ccccc3c(C(=O)N3CCN(c4ccc([N+](=O)[O-])cc4)CC3)c2C)cc1. The Balaban J connectivity index is 1.43. The van der Waals surface area contributed by atoms with Crippen LogP contribution in [0.2, 0.25) is 0 Å². The van der Waals surface area contributed by atoms with E-state index in [-0.39, 0.29) is 11.6 Å². The summed E-state index contributed by atoms with van der Waals surface area (Å²) in [5.74, 6) is 0.753. The maximum atomic E-state index is 13.9. The summed E-state index contributed by atoms with van der Waals surface area (Å²) in [6.07, 6.45) is 0. The molecule has 0 spiro atoms. The van der Waals surface area contributed by atoms with Crippen LogP contribution in [0.5, 0.6) is 5.75 Å². The molecule has 5 rings (SSSR count). The maximum Gasteiger partial charge on any atom is 0.269 e. The Hall–Kier alpha value is -4.46. The smallest absolute Gasteiger partial charge is 0.269 e. The van der Waals surface area contributed by atoms with Crippen LogP contribution in [0.15, 0.2) is 72.8 Å². The molecule has 0 N–H and O–H groups in total. The Morgan fingerprint density at radius 2 is 1.61 bits per heavy atom. The number of hydrogen-bond acceptors (Lipinski definition) is 6. The fourth-order valence-electron chi connectivity index (χ4n) is 4.72. The fraction of sp³-hybridized carbons (Fsp3) is 0.214. The molecule has 1 fully saturated rings. The van der Waals surface area contributed by atoms with Gasteiger partial charge in [0.25, 0.3) is 11.6 Å². The van der Waals surface area contributed by atoms with Gasteiger partial charge in [0, 0.05) is 54.9 Å². The highest BCUT2D eigenvalue weighted by Gasteiger charge is 2.27. The molecular weight excluding hydrogens is 456 g/mol. The third-order valence-electron chi connectivity index (χ3n) is 6.71. The molecule has 4 aromatic rings. The van der Waals surface area contributed by atoms with Crippen LogP contribution in [0.25, 0.3) is 22.2 Å². The van der Waals surface area contributed by atoms with E-state index in [2.05, 4.69) is 4.90 Å². The summed E-state index contributed by atoms with van der Waals surface area (Å²) in [7, 11) is 1.63. The third kappa shape index (κ3) is 4.33. The molecule has 0 saturated carbocycles. The minimum Gasteiger partial charge on any atom is -0.497 e. The molecule has 0 radical (unpaired) electrons. The van der Waals surface area contributed by atoms with Gasteiger partial charge in [0.15, 0.2) is 0 Å². The van der Waals surface area contributed by atoms with Gasteiger partial charge >= 0.3 is 0 Å². The van der Waals surface area contributed by atoms with E-state index < -0.39 is 4.92 Å². The van der Waals surface area contributed by atoms with Crippen LogP contribution in [-0.4, -0.2) is 54.0 Å². The summed E-state index contributed by atoms with van der Waals surface area (Å²) in [4.78, 5) is 33.3. The lowest BCUT2D eigenvalue weighted by atomic mass is 9.96. The van der Waals surface area contributed by atoms with Gasteiger partial charge in [0.2, 0.25) is 0 Å². The number of amides is 1. The Labute approximate surface area is 208 Å². The molecule has 1 amide bonds. The standard InChI is InChI=1S/C28H26N4O4/c1-19-26(24-5-3-4-6-25(24)29-27(19)20-7-13-23(36-2)14-8-20)28(33)31-17-15-30(16-18-31)21-9-11-22(12-10-21)32(34)35/h3-14H,15-18H2,1-2H3. The maximum absolute atomic E-state index is 13.9. The molecule has 2 heterocycles. The molecular formula is C28H26N4O4. The number of nitro groups is 1. The van der Waals surface area contributed by atoms with Crippen molar-refractivity contribution < 1.29 is 14.5 Å². The lowest BCUT2D eigenvalue weighted by Crippen LogP contribution is -2.49. The number of methoxy groups -OCH3 is 1. The van der Waals surface area contributed by atoms with Crippen LogP contribution >= 0.6 is 0 Å². The summed E-state index contributed by atoms with van der Waals surface area (Å²) in [5.41, 5.74) is 5.00. The van der Waals surface area contributed by atoms with E-state index in [1.165, 1.54) is 12.1 Å². The van der Waals surface area contributed by atoms with Gasteiger partial charge in [-0.25, -0.2) is 4.98 Å². The Morgan fingerprint density at radius 1 is 0.944 bits per heavy atom. The van der Waals surface area contributed by atoms with E-state index in [0.29, 0.717) is 31.7 Å². The van der Waals surface area contributed by atoms with Crippen molar-refractivity contribution in [3.05, 3.63) is 94.0 Å². The minimum atomic E-state index is -0.401. The zero-order chi connectivity index (χ0) is 25.2. The second-order valence-corrected chi connectivity index (χ2v) is 8.76. The number of piperazine rings is 1. The molecule has 1 aromatic heterocycles. The van der Waals surface area contributed by atoms with Gasteiger partial charge in [0.1, 0.15) is 5.75 Å². The van der Waals surface area contributed by atoms with Crippen LogP contribution < -0.4 is 9.64 Å². The lowest BCUT2D eigenvalue weighted by molar-refractivity contribution is -0.384. The summed E-state index contributed by atoms with van der Waals surface area (Å²) in [6, 6.07) is 22.0. The number of anilines is 1.